The summed E-state index contributed by atoms with van der Waals surface area (Å²) < 4.78 is 7.76. The number of aryl methyl sites for hydroxylation is 1. The molecular weight excluding hydrogens is 248 g/mol. The van der Waals surface area contributed by atoms with E-state index in [1.165, 1.54) is 12.2 Å². The molecule has 6 heteroatoms. The molecule has 100 valence electrons. The summed E-state index contributed by atoms with van der Waals surface area (Å²) in [4.78, 5) is 4.24. The maximum absolute atomic E-state index is 6.02. The Kier molecular flexibility index (Phi) is 3.59. The first-order chi connectivity index (χ1) is 8.76. The van der Waals surface area contributed by atoms with Gasteiger partial charge in [-0.05, 0) is 25.0 Å². The van der Waals surface area contributed by atoms with Crippen LogP contribution in [0.1, 0.15) is 25.1 Å². The number of thioether (sulfide) groups is 1. The molecule has 3 heterocycles. The van der Waals surface area contributed by atoms with Crippen molar-refractivity contribution >= 4 is 11.8 Å². The Labute approximate surface area is 112 Å². The fourth-order valence-corrected chi connectivity index (χ4v) is 4.14. The molecule has 0 aliphatic carbocycles. The molecule has 0 bridgehead atoms. The van der Waals surface area contributed by atoms with Gasteiger partial charge in [-0.3, -0.25) is 4.68 Å². The molecule has 2 atom stereocenters. The molecule has 0 saturated carbocycles. The molecule has 1 N–H and O–H groups in total. The van der Waals surface area contributed by atoms with Crippen LogP contribution in [0.15, 0.2) is 6.33 Å². The number of rotatable bonds is 3. The quantitative estimate of drug-likeness (QED) is 0.885. The molecule has 1 spiro atoms. The van der Waals surface area contributed by atoms with Crippen LogP contribution in [-0.2, 0) is 18.3 Å². The second-order valence-electron chi connectivity index (χ2n) is 5.24. The van der Waals surface area contributed by atoms with E-state index in [4.69, 9.17) is 4.74 Å². The van der Waals surface area contributed by atoms with E-state index in [1.54, 1.807) is 11.0 Å². The number of nitrogens with one attached hydrogen (secondary N) is 1. The standard InChI is InChI=1S/C12H20N4OS/c1-16-9-14-11(15-16)7-13-10-2-4-17-12(6-10)3-5-18-8-12/h9-10,13H,2-8H2,1H3. The van der Waals surface area contributed by atoms with Gasteiger partial charge in [-0.1, -0.05) is 0 Å². The summed E-state index contributed by atoms with van der Waals surface area (Å²) in [5.74, 6) is 3.28. The van der Waals surface area contributed by atoms with Crippen LogP contribution < -0.4 is 5.32 Å². The average molecular weight is 268 g/mol. The predicted molar refractivity (Wildman–Crippen MR) is 71.5 cm³/mol. The second kappa shape index (κ2) is 5.19. The van der Waals surface area contributed by atoms with E-state index in [2.05, 4.69) is 15.4 Å². The topological polar surface area (TPSA) is 52.0 Å². The summed E-state index contributed by atoms with van der Waals surface area (Å²) in [6.45, 7) is 1.64. The molecule has 3 rings (SSSR count). The molecule has 0 aromatic carbocycles. The Morgan fingerprint density at radius 3 is 3.33 bits per heavy atom. The zero-order chi connectivity index (χ0) is 12.4. The largest absolute Gasteiger partial charge is 0.374 e. The van der Waals surface area contributed by atoms with Crippen molar-refractivity contribution in [2.24, 2.45) is 7.05 Å². The Morgan fingerprint density at radius 2 is 2.61 bits per heavy atom. The van der Waals surface area contributed by atoms with Crippen LogP contribution in [0.3, 0.4) is 0 Å². The monoisotopic (exact) mass is 268 g/mol. The van der Waals surface area contributed by atoms with Crippen molar-refractivity contribution in [3.05, 3.63) is 12.2 Å². The highest BCUT2D eigenvalue weighted by Gasteiger charge is 2.40. The molecular formula is C12H20N4OS. The number of aromatic nitrogens is 3. The van der Waals surface area contributed by atoms with E-state index >= 15 is 0 Å². The van der Waals surface area contributed by atoms with Gasteiger partial charge in [0, 0.05) is 25.4 Å². The summed E-state index contributed by atoms with van der Waals surface area (Å²) in [6, 6.07) is 0.543. The number of hydrogen-bond donors (Lipinski definition) is 1. The molecule has 18 heavy (non-hydrogen) atoms. The van der Waals surface area contributed by atoms with E-state index in [9.17, 15) is 0 Å². The second-order valence-corrected chi connectivity index (χ2v) is 6.34. The molecule has 1 aromatic rings. The molecule has 2 fully saturated rings. The van der Waals surface area contributed by atoms with Gasteiger partial charge in [-0.2, -0.15) is 16.9 Å². The molecule has 2 unspecified atom stereocenters. The summed E-state index contributed by atoms with van der Waals surface area (Å²) in [7, 11) is 1.90. The first-order valence-corrected chi connectivity index (χ1v) is 7.71. The third-order valence-electron chi connectivity index (χ3n) is 3.76. The number of ether oxygens (including phenoxy) is 1. The van der Waals surface area contributed by atoms with Crippen molar-refractivity contribution in [1.29, 1.82) is 0 Å². The lowest BCUT2D eigenvalue weighted by Gasteiger charge is -2.38. The van der Waals surface area contributed by atoms with Crippen molar-refractivity contribution < 1.29 is 4.74 Å². The van der Waals surface area contributed by atoms with Crippen molar-refractivity contribution in [3.8, 4) is 0 Å². The SMILES string of the molecule is Cn1cnc(CNC2CCOC3(CCSC3)C2)n1. The minimum atomic E-state index is 0.151. The van der Waals surface area contributed by atoms with Gasteiger partial charge >= 0.3 is 0 Å². The highest BCUT2D eigenvalue weighted by molar-refractivity contribution is 7.99. The Hall–Kier alpha value is -0.590. The van der Waals surface area contributed by atoms with E-state index in [0.29, 0.717) is 6.04 Å². The van der Waals surface area contributed by atoms with E-state index in [0.717, 1.165) is 37.6 Å². The average Bonchev–Trinajstić information content (AvgIpc) is 2.97. The smallest absolute Gasteiger partial charge is 0.164 e. The third-order valence-corrected chi connectivity index (χ3v) is 4.98. The third kappa shape index (κ3) is 2.70. The fourth-order valence-electron chi connectivity index (χ4n) is 2.77. The molecule has 0 radical (unpaired) electrons. The molecule has 2 aliphatic heterocycles. The first-order valence-electron chi connectivity index (χ1n) is 6.55. The van der Waals surface area contributed by atoms with Crippen molar-refractivity contribution in [2.45, 2.75) is 37.5 Å². The highest BCUT2D eigenvalue weighted by Crippen LogP contribution is 2.38. The van der Waals surface area contributed by atoms with Crippen LogP contribution in [0.5, 0.6) is 0 Å². The van der Waals surface area contributed by atoms with Gasteiger partial charge in [-0.25, -0.2) is 4.98 Å². The highest BCUT2D eigenvalue weighted by atomic mass is 32.2. The van der Waals surface area contributed by atoms with Gasteiger partial charge in [0.25, 0.3) is 0 Å². The Balaban J connectivity index is 1.53. The van der Waals surface area contributed by atoms with Gasteiger partial charge in [0.2, 0.25) is 0 Å². The summed E-state index contributed by atoms with van der Waals surface area (Å²) in [5, 5.41) is 7.87. The molecule has 2 aliphatic rings. The predicted octanol–water partition coefficient (Wildman–Crippen LogP) is 0.959. The summed E-state index contributed by atoms with van der Waals surface area (Å²) >= 11 is 2.02. The molecule has 0 amide bonds. The van der Waals surface area contributed by atoms with Crippen LogP contribution in [-0.4, -0.2) is 44.5 Å². The zero-order valence-electron chi connectivity index (χ0n) is 10.8. The fraction of sp³-hybridized carbons (Fsp3) is 0.833. The van der Waals surface area contributed by atoms with Crippen LogP contribution in [0, 0.1) is 0 Å². The molecule has 1 aromatic heterocycles. The minimum absolute atomic E-state index is 0.151. The van der Waals surface area contributed by atoms with Crippen LogP contribution in [0.2, 0.25) is 0 Å². The maximum Gasteiger partial charge on any atom is 0.164 e. The number of hydrogen-bond acceptors (Lipinski definition) is 5. The van der Waals surface area contributed by atoms with Crippen molar-refractivity contribution in [2.75, 3.05) is 18.1 Å². The molecule has 2 saturated heterocycles. The van der Waals surface area contributed by atoms with E-state index in [-0.39, 0.29) is 5.60 Å². The molecule has 5 nitrogen and oxygen atoms in total. The van der Waals surface area contributed by atoms with Gasteiger partial charge in [-0.15, -0.1) is 0 Å². The zero-order valence-corrected chi connectivity index (χ0v) is 11.6. The maximum atomic E-state index is 6.02. The van der Waals surface area contributed by atoms with Gasteiger partial charge in [0.15, 0.2) is 5.82 Å². The van der Waals surface area contributed by atoms with Crippen LogP contribution in [0.4, 0.5) is 0 Å². The first kappa shape index (κ1) is 12.4. The summed E-state index contributed by atoms with van der Waals surface area (Å²) in [6.07, 6.45) is 5.18. The van der Waals surface area contributed by atoms with Crippen LogP contribution in [0.25, 0.3) is 0 Å². The summed E-state index contributed by atoms with van der Waals surface area (Å²) in [5.41, 5.74) is 0.151. The van der Waals surface area contributed by atoms with Gasteiger partial charge in [0.1, 0.15) is 6.33 Å². The lowest BCUT2D eigenvalue weighted by Crippen LogP contribution is -2.47. The lowest BCUT2D eigenvalue weighted by atomic mass is 9.90. The van der Waals surface area contributed by atoms with E-state index in [1.807, 2.05) is 18.8 Å². The normalized spacial score (nSPS) is 32.2. The van der Waals surface area contributed by atoms with Crippen LogP contribution >= 0.6 is 11.8 Å². The Bertz CT molecular complexity index is 403. The van der Waals surface area contributed by atoms with Gasteiger partial charge < -0.3 is 10.1 Å². The Morgan fingerprint density at radius 1 is 1.67 bits per heavy atom. The van der Waals surface area contributed by atoms with E-state index < -0.39 is 0 Å². The van der Waals surface area contributed by atoms with Gasteiger partial charge in [0.05, 0.1) is 12.1 Å². The lowest BCUT2D eigenvalue weighted by molar-refractivity contribution is -0.0703. The minimum Gasteiger partial charge on any atom is -0.374 e. The van der Waals surface area contributed by atoms with Crippen molar-refractivity contribution in [3.63, 3.8) is 0 Å². The van der Waals surface area contributed by atoms with Crippen molar-refractivity contribution in [1.82, 2.24) is 20.1 Å². The number of nitrogens with zero attached hydrogens (tertiary/aromatic N) is 3.